The summed E-state index contributed by atoms with van der Waals surface area (Å²) in [6, 6.07) is -0.740. The standard InChI is InChI=1S/C51H91NO5/c1-4-7-10-13-16-19-22-25-26-27-30-33-36-39-42-47(57-51(56)44-41-38-35-32-29-24-21-18-15-12-9-6-3)45-50(55)52-48(46-53)49(54)43-40-37-34-31-28-23-20-17-14-11-8-5-2/h7,10,16,19,25-26,30,33,39,42,47-49,53-54H,4-6,8-9,11-15,17-18,20-24,27-29,31-32,34-38,40-41,43-46H2,1-3H3,(H,52,55)/b10-7+,19-16+,26-25+,33-30+,42-39+. The van der Waals surface area contributed by atoms with E-state index >= 15 is 0 Å². The number of ether oxygens (including phenoxy) is 1. The lowest BCUT2D eigenvalue weighted by Gasteiger charge is -2.23. The van der Waals surface area contributed by atoms with Gasteiger partial charge in [0.05, 0.1) is 25.2 Å². The summed E-state index contributed by atoms with van der Waals surface area (Å²) in [4.78, 5) is 26.0. The molecule has 0 radical (unpaired) electrons. The van der Waals surface area contributed by atoms with Crippen molar-refractivity contribution in [2.75, 3.05) is 6.61 Å². The second kappa shape index (κ2) is 44.7. The fourth-order valence-corrected chi connectivity index (χ4v) is 6.98. The van der Waals surface area contributed by atoms with E-state index in [2.05, 4.69) is 74.7 Å². The summed E-state index contributed by atoms with van der Waals surface area (Å²) in [5, 5.41) is 23.6. The fourth-order valence-electron chi connectivity index (χ4n) is 6.98. The van der Waals surface area contributed by atoms with Crippen molar-refractivity contribution in [1.82, 2.24) is 5.32 Å². The molecule has 0 aromatic rings. The molecule has 0 aromatic heterocycles. The van der Waals surface area contributed by atoms with Crippen LogP contribution in [0.4, 0.5) is 0 Å². The van der Waals surface area contributed by atoms with Crippen LogP contribution in [0.5, 0.6) is 0 Å². The molecule has 0 heterocycles. The topological polar surface area (TPSA) is 95.9 Å². The Morgan fingerprint density at radius 3 is 1.33 bits per heavy atom. The highest BCUT2D eigenvalue weighted by Gasteiger charge is 2.23. The van der Waals surface area contributed by atoms with E-state index in [-0.39, 0.29) is 24.9 Å². The lowest BCUT2D eigenvalue weighted by Crippen LogP contribution is -2.46. The van der Waals surface area contributed by atoms with Crippen molar-refractivity contribution in [3.63, 3.8) is 0 Å². The van der Waals surface area contributed by atoms with Crippen molar-refractivity contribution in [2.45, 2.75) is 244 Å². The zero-order valence-electron chi connectivity index (χ0n) is 37.5. The van der Waals surface area contributed by atoms with Crippen LogP contribution in [-0.4, -0.2) is 46.9 Å². The van der Waals surface area contributed by atoms with Gasteiger partial charge in [-0.25, -0.2) is 0 Å². The number of rotatable bonds is 42. The average Bonchev–Trinajstić information content (AvgIpc) is 3.20. The molecule has 0 saturated heterocycles. The zero-order chi connectivity index (χ0) is 41.7. The average molecular weight is 798 g/mol. The van der Waals surface area contributed by atoms with Crippen LogP contribution in [0.1, 0.15) is 226 Å². The molecular weight excluding hydrogens is 707 g/mol. The van der Waals surface area contributed by atoms with Gasteiger partial charge in [-0.1, -0.05) is 223 Å². The molecule has 6 nitrogen and oxygen atoms in total. The summed E-state index contributed by atoms with van der Waals surface area (Å²) in [6.07, 6.45) is 54.5. The first-order valence-corrected chi connectivity index (χ1v) is 24.0. The van der Waals surface area contributed by atoms with Crippen LogP contribution in [0.3, 0.4) is 0 Å². The summed E-state index contributed by atoms with van der Waals surface area (Å²) in [6.45, 7) is 6.32. The normalized spacial score (nSPS) is 13.8. The number of aliphatic hydroxyl groups is 2. The number of hydrogen-bond donors (Lipinski definition) is 3. The van der Waals surface area contributed by atoms with Gasteiger partial charge >= 0.3 is 5.97 Å². The van der Waals surface area contributed by atoms with E-state index < -0.39 is 18.2 Å². The van der Waals surface area contributed by atoms with Crippen LogP contribution in [0.25, 0.3) is 0 Å². The molecule has 330 valence electrons. The number of allylic oxidation sites excluding steroid dienone is 9. The maximum absolute atomic E-state index is 13.1. The van der Waals surface area contributed by atoms with Crippen molar-refractivity contribution >= 4 is 11.9 Å². The molecule has 0 aromatic carbocycles. The Morgan fingerprint density at radius 2 is 0.912 bits per heavy atom. The Labute approximate surface area is 352 Å². The molecule has 57 heavy (non-hydrogen) atoms. The minimum absolute atomic E-state index is 0.0449. The first-order valence-electron chi connectivity index (χ1n) is 24.0. The zero-order valence-corrected chi connectivity index (χ0v) is 37.5. The number of carbonyl (C=O) groups is 2. The third kappa shape index (κ3) is 40.1. The predicted molar refractivity (Wildman–Crippen MR) is 245 cm³/mol. The molecule has 0 aliphatic carbocycles. The molecule has 0 fully saturated rings. The summed E-state index contributed by atoms with van der Waals surface area (Å²) in [5.41, 5.74) is 0. The van der Waals surface area contributed by atoms with E-state index in [1.165, 1.54) is 116 Å². The van der Waals surface area contributed by atoms with Gasteiger partial charge in [0.25, 0.3) is 0 Å². The molecule has 3 unspecified atom stereocenters. The third-order valence-corrected chi connectivity index (χ3v) is 10.6. The molecule has 3 N–H and O–H groups in total. The number of nitrogens with one attached hydrogen (secondary N) is 1. The first-order chi connectivity index (χ1) is 28.0. The van der Waals surface area contributed by atoms with E-state index in [0.29, 0.717) is 19.3 Å². The van der Waals surface area contributed by atoms with Crippen LogP contribution in [0, 0.1) is 0 Å². The second-order valence-corrected chi connectivity index (χ2v) is 16.1. The Bertz CT molecular complexity index is 1030. The Kier molecular flexibility index (Phi) is 42.7. The predicted octanol–water partition coefficient (Wildman–Crippen LogP) is 14.1. The van der Waals surface area contributed by atoms with Crippen LogP contribution in [0.15, 0.2) is 60.8 Å². The van der Waals surface area contributed by atoms with Crippen LogP contribution in [0.2, 0.25) is 0 Å². The first kappa shape index (κ1) is 54.6. The van der Waals surface area contributed by atoms with Gasteiger partial charge in [0, 0.05) is 6.42 Å². The number of amides is 1. The molecule has 0 rings (SSSR count). The minimum atomic E-state index is -0.817. The van der Waals surface area contributed by atoms with Gasteiger partial charge in [-0.3, -0.25) is 9.59 Å². The number of esters is 1. The van der Waals surface area contributed by atoms with E-state index in [9.17, 15) is 19.8 Å². The minimum Gasteiger partial charge on any atom is -0.458 e. The van der Waals surface area contributed by atoms with Crippen LogP contribution >= 0.6 is 0 Å². The van der Waals surface area contributed by atoms with Gasteiger partial charge in [-0.05, 0) is 51.0 Å². The van der Waals surface area contributed by atoms with Gasteiger partial charge in [-0.2, -0.15) is 0 Å². The fraction of sp³-hybridized carbons (Fsp3) is 0.765. The maximum atomic E-state index is 13.1. The van der Waals surface area contributed by atoms with Gasteiger partial charge in [0.1, 0.15) is 6.10 Å². The lowest BCUT2D eigenvalue weighted by atomic mass is 10.0. The molecule has 0 aliphatic heterocycles. The third-order valence-electron chi connectivity index (χ3n) is 10.6. The van der Waals surface area contributed by atoms with E-state index in [1.54, 1.807) is 6.08 Å². The molecule has 0 aliphatic rings. The highest BCUT2D eigenvalue weighted by Crippen LogP contribution is 2.16. The summed E-state index contributed by atoms with van der Waals surface area (Å²) < 4.78 is 5.80. The van der Waals surface area contributed by atoms with Gasteiger partial charge < -0.3 is 20.3 Å². The van der Waals surface area contributed by atoms with Crippen LogP contribution in [-0.2, 0) is 14.3 Å². The molecule has 6 heteroatoms. The van der Waals surface area contributed by atoms with Crippen molar-refractivity contribution in [2.24, 2.45) is 0 Å². The van der Waals surface area contributed by atoms with Gasteiger partial charge in [0.15, 0.2) is 0 Å². The monoisotopic (exact) mass is 798 g/mol. The van der Waals surface area contributed by atoms with Crippen molar-refractivity contribution < 1.29 is 24.5 Å². The lowest BCUT2D eigenvalue weighted by molar-refractivity contribution is -0.148. The maximum Gasteiger partial charge on any atom is 0.306 e. The molecule has 3 atom stereocenters. The number of carbonyl (C=O) groups excluding carboxylic acids is 2. The molecule has 0 bridgehead atoms. The largest absolute Gasteiger partial charge is 0.458 e. The summed E-state index contributed by atoms with van der Waals surface area (Å²) >= 11 is 0. The SMILES string of the molecule is CC/C=C/C/C=C/C/C=C/C/C=C/C/C=C/C(CC(=O)NC(CO)C(O)CCCCCCCCCCCCCC)OC(=O)CCCCCCCCCCCCCC. The number of aliphatic hydroxyl groups excluding tert-OH is 2. The molecule has 0 spiro atoms. The quantitative estimate of drug-likeness (QED) is 0.0325. The number of unbranched alkanes of at least 4 members (excludes halogenated alkanes) is 22. The Hall–Kier alpha value is -2.44. The van der Waals surface area contributed by atoms with Crippen LogP contribution < -0.4 is 5.32 Å². The molecule has 0 saturated carbocycles. The molecule has 1 amide bonds. The number of hydrogen-bond acceptors (Lipinski definition) is 5. The van der Waals surface area contributed by atoms with Crippen molar-refractivity contribution in [3.8, 4) is 0 Å². The van der Waals surface area contributed by atoms with E-state index in [4.69, 9.17) is 4.74 Å². The van der Waals surface area contributed by atoms with Crippen molar-refractivity contribution in [1.29, 1.82) is 0 Å². The van der Waals surface area contributed by atoms with Gasteiger partial charge in [-0.15, -0.1) is 0 Å². The van der Waals surface area contributed by atoms with Crippen molar-refractivity contribution in [3.05, 3.63) is 60.8 Å². The highest BCUT2D eigenvalue weighted by molar-refractivity contribution is 5.78. The smallest absolute Gasteiger partial charge is 0.306 e. The van der Waals surface area contributed by atoms with E-state index in [1.807, 2.05) is 6.08 Å². The molecular formula is C51H91NO5. The Morgan fingerprint density at radius 1 is 0.526 bits per heavy atom. The Balaban J connectivity index is 4.75. The second-order valence-electron chi connectivity index (χ2n) is 16.1. The summed E-state index contributed by atoms with van der Waals surface area (Å²) in [5.74, 6) is -0.627. The van der Waals surface area contributed by atoms with E-state index in [0.717, 1.165) is 64.2 Å². The van der Waals surface area contributed by atoms with Gasteiger partial charge in [0.2, 0.25) is 5.91 Å². The summed E-state index contributed by atoms with van der Waals surface area (Å²) in [7, 11) is 0. The highest BCUT2D eigenvalue weighted by atomic mass is 16.5.